The summed E-state index contributed by atoms with van der Waals surface area (Å²) >= 11 is 6.10. The van der Waals surface area contributed by atoms with Crippen LogP contribution in [0.4, 0.5) is 5.69 Å². The van der Waals surface area contributed by atoms with Crippen LogP contribution in [0, 0.1) is 0 Å². The van der Waals surface area contributed by atoms with Crippen molar-refractivity contribution in [3.8, 4) is 0 Å². The zero-order valence-corrected chi connectivity index (χ0v) is 12.4. The van der Waals surface area contributed by atoms with Crippen molar-refractivity contribution in [1.29, 1.82) is 0 Å². The molecule has 21 heavy (non-hydrogen) atoms. The number of nitrogens with zero attached hydrogens (tertiary/aromatic N) is 1. The Labute approximate surface area is 129 Å². The van der Waals surface area contributed by atoms with E-state index in [9.17, 15) is 4.79 Å². The maximum atomic E-state index is 12.8. The van der Waals surface area contributed by atoms with Crippen molar-refractivity contribution in [3.05, 3.63) is 64.7 Å². The van der Waals surface area contributed by atoms with Crippen LogP contribution in [0.1, 0.15) is 15.9 Å². The molecule has 2 aromatic carbocycles. The number of benzene rings is 2. The van der Waals surface area contributed by atoms with Gasteiger partial charge in [-0.1, -0.05) is 41.9 Å². The molecule has 0 saturated carbocycles. The van der Waals surface area contributed by atoms with Gasteiger partial charge in [0.1, 0.15) is 0 Å². The van der Waals surface area contributed by atoms with Gasteiger partial charge in [0.2, 0.25) is 0 Å². The number of carbonyl (C=O) groups excluding carboxylic acids is 1. The molecule has 1 aliphatic rings. The quantitative estimate of drug-likeness (QED) is 0.885. The number of piperazine rings is 1. The summed E-state index contributed by atoms with van der Waals surface area (Å²) in [5.41, 5.74) is 2.33. The van der Waals surface area contributed by atoms with Gasteiger partial charge in [-0.25, -0.2) is 0 Å². The lowest BCUT2D eigenvalue weighted by Gasteiger charge is -2.31. The molecule has 0 bridgehead atoms. The van der Waals surface area contributed by atoms with E-state index in [1.165, 1.54) is 0 Å². The first-order chi connectivity index (χ1) is 10.3. The third kappa shape index (κ3) is 3.09. The third-order valence-corrected chi connectivity index (χ3v) is 3.93. The Bertz CT molecular complexity index is 636. The highest BCUT2D eigenvalue weighted by Gasteiger charge is 2.19. The van der Waals surface area contributed by atoms with E-state index in [-0.39, 0.29) is 5.78 Å². The van der Waals surface area contributed by atoms with Crippen molar-refractivity contribution in [3.63, 3.8) is 0 Å². The zero-order valence-electron chi connectivity index (χ0n) is 11.7. The highest BCUT2D eigenvalue weighted by atomic mass is 35.5. The predicted octanol–water partition coefficient (Wildman–Crippen LogP) is 2.98. The third-order valence-electron chi connectivity index (χ3n) is 3.70. The molecule has 3 rings (SSSR count). The summed E-state index contributed by atoms with van der Waals surface area (Å²) in [5.74, 6) is 0.0200. The van der Waals surface area contributed by atoms with Crippen LogP contribution in [0.5, 0.6) is 0 Å². The van der Waals surface area contributed by atoms with Gasteiger partial charge in [-0.3, -0.25) is 4.79 Å². The molecular formula is C17H17ClN2O. The van der Waals surface area contributed by atoms with E-state index in [1.54, 1.807) is 6.07 Å². The van der Waals surface area contributed by atoms with Crippen LogP contribution in [0.15, 0.2) is 48.5 Å². The lowest BCUT2D eigenvalue weighted by atomic mass is 10.0. The Balaban J connectivity index is 2.00. The lowest BCUT2D eigenvalue weighted by molar-refractivity contribution is 0.103. The Kier molecular flexibility index (Phi) is 4.23. The van der Waals surface area contributed by atoms with Gasteiger partial charge in [-0.2, -0.15) is 0 Å². The van der Waals surface area contributed by atoms with Crippen molar-refractivity contribution >= 4 is 23.1 Å². The fourth-order valence-corrected chi connectivity index (χ4v) is 2.79. The van der Waals surface area contributed by atoms with E-state index in [0.717, 1.165) is 31.9 Å². The number of rotatable bonds is 3. The molecule has 1 heterocycles. The summed E-state index contributed by atoms with van der Waals surface area (Å²) in [6.45, 7) is 3.66. The molecule has 1 saturated heterocycles. The molecule has 0 spiro atoms. The molecule has 0 aliphatic carbocycles. The minimum absolute atomic E-state index is 0.0200. The van der Waals surface area contributed by atoms with Gasteiger partial charge >= 0.3 is 0 Å². The molecule has 1 N–H and O–H groups in total. The van der Waals surface area contributed by atoms with E-state index in [4.69, 9.17) is 11.6 Å². The van der Waals surface area contributed by atoms with Gasteiger partial charge in [0, 0.05) is 48.0 Å². The van der Waals surface area contributed by atoms with Crippen LogP contribution in [0.3, 0.4) is 0 Å². The van der Waals surface area contributed by atoms with Crippen molar-refractivity contribution in [1.82, 2.24) is 5.32 Å². The van der Waals surface area contributed by atoms with E-state index in [2.05, 4.69) is 10.2 Å². The summed E-state index contributed by atoms with van der Waals surface area (Å²) in [7, 11) is 0. The summed E-state index contributed by atoms with van der Waals surface area (Å²) in [4.78, 5) is 15.0. The molecule has 2 aromatic rings. The molecule has 108 valence electrons. The number of anilines is 1. The molecule has 4 heteroatoms. The van der Waals surface area contributed by atoms with Crippen LogP contribution >= 0.6 is 11.6 Å². The van der Waals surface area contributed by atoms with E-state index in [1.807, 2.05) is 42.5 Å². The monoisotopic (exact) mass is 300 g/mol. The maximum Gasteiger partial charge on any atom is 0.195 e. The fraction of sp³-hybridized carbons (Fsp3) is 0.235. The average Bonchev–Trinajstić information content (AvgIpc) is 2.56. The average molecular weight is 301 g/mol. The first-order valence-electron chi connectivity index (χ1n) is 7.10. The molecule has 0 amide bonds. The molecule has 0 atom stereocenters. The second-order valence-electron chi connectivity index (χ2n) is 5.09. The minimum Gasteiger partial charge on any atom is -0.368 e. The summed E-state index contributed by atoms with van der Waals surface area (Å²) in [6.07, 6.45) is 0. The number of hydrogen-bond acceptors (Lipinski definition) is 3. The molecule has 3 nitrogen and oxygen atoms in total. The standard InChI is InChI=1S/C17H17ClN2O/c18-14-6-7-16(20-10-8-19-9-11-20)15(12-14)17(21)13-4-2-1-3-5-13/h1-7,12,19H,8-11H2. The predicted molar refractivity (Wildman–Crippen MR) is 86.4 cm³/mol. The van der Waals surface area contributed by atoms with Crippen LogP contribution < -0.4 is 10.2 Å². The molecular weight excluding hydrogens is 284 g/mol. The van der Waals surface area contributed by atoms with Gasteiger partial charge in [0.05, 0.1) is 0 Å². The number of hydrogen-bond donors (Lipinski definition) is 1. The van der Waals surface area contributed by atoms with Gasteiger partial charge in [0.25, 0.3) is 0 Å². The van der Waals surface area contributed by atoms with Gasteiger partial charge in [-0.05, 0) is 18.2 Å². The molecule has 0 unspecified atom stereocenters. The number of halogens is 1. The first kappa shape index (κ1) is 14.1. The topological polar surface area (TPSA) is 32.3 Å². The second-order valence-corrected chi connectivity index (χ2v) is 5.53. The lowest BCUT2D eigenvalue weighted by Crippen LogP contribution is -2.44. The number of nitrogens with one attached hydrogen (secondary N) is 1. The summed E-state index contributed by atoms with van der Waals surface area (Å²) < 4.78 is 0. The summed E-state index contributed by atoms with van der Waals surface area (Å²) in [5, 5.41) is 3.91. The maximum absolute atomic E-state index is 12.8. The van der Waals surface area contributed by atoms with Crippen LogP contribution in [-0.2, 0) is 0 Å². The number of ketones is 1. The van der Waals surface area contributed by atoms with E-state index >= 15 is 0 Å². The SMILES string of the molecule is O=C(c1ccccc1)c1cc(Cl)ccc1N1CCNCC1. The fourth-order valence-electron chi connectivity index (χ4n) is 2.62. The Morgan fingerprint density at radius 1 is 1.05 bits per heavy atom. The Morgan fingerprint density at radius 2 is 1.76 bits per heavy atom. The molecule has 1 fully saturated rings. The van der Waals surface area contributed by atoms with Crippen LogP contribution in [0.2, 0.25) is 5.02 Å². The van der Waals surface area contributed by atoms with Gasteiger partial charge in [0.15, 0.2) is 5.78 Å². The number of carbonyl (C=O) groups is 1. The zero-order chi connectivity index (χ0) is 14.7. The van der Waals surface area contributed by atoms with E-state index < -0.39 is 0 Å². The van der Waals surface area contributed by atoms with Crippen molar-refractivity contribution in [2.24, 2.45) is 0 Å². The van der Waals surface area contributed by atoms with Gasteiger partial charge < -0.3 is 10.2 Å². The first-order valence-corrected chi connectivity index (χ1v) is 7.48. The van der Waals surface area contributed by atoms with Crippen LogP contribution in [-0.4, -0.2) is 32.0 Å². The highest BCUT2D eigenvalue weighted by Crippen LogP contribution is 2.27. The largest absolute Gasteiger partial charge is 0.368 e. The molecule has 0 aromatic heterocycles. The van der Waals surface area contributed by atoms with E-state index in [0.29, 0.717) is 16.1 Å². The highest BCUT2D eigenvalue weighted by molar-refractivity contribution is 6.31. The Morgan fingerprint density at radius 3 is 2.48 bits per heavy atom. The minimum atomic E-state index is 0.0200. The van der Waals surface area contributed by atoms with Gasteiger partial charge in [-0.15, -0.1) is 0 Å². The van der Waals surface area contributed by atoms with Crippen molar-refractivity contribution < 1.29 is 4.79 Å². The summed E-state index contributed by atoms with van der Waals surface area (Å²) in [6, 6.07) is 14.9. The normalized spacial score (nSPS) is 15.0. The smallest absolute Gasteiger partial charge is 0.195 e. The van der Waals surface area contributed by atoms with Crippen molar-refractivity contribution in [2.45, 2.75) is 0 Å². The molecule has 1 aliphatic heterocycles. The molecule has 0 radical (unpaired) electrons. The van der Waals surface area contributed by atoms with Crippen molar-refractivity contribution in [2.75, 3.05) is 31.1 Å². The van der Waals surface area contributed by atoms with Crippen LogP contribution in [0.25, 0.3) is 0 Å². The Hall–Kier alpha value is -1.84. The second kappa shape index (κ2) is 6.29.